The van der Waals surface area contributed by atoms with Gasteiger partial charge < -0.3 is 14.9 Å². The van der Waals surface area contributed by atoms with Crippen molar-refractivity contribution in [1.29, 1.82) is 0 Å². The molecule has 4 heterocycles. The fourth-order valence-electron chi connectivity index (χ4n) is 5.69. The maximum atomic E-state index is 14.0. The van der Waals surface area contributed by atoms with Crippen molar-refractivity contribution >= 4 is 33.2 Å². The summed E-state index contributed by atoms with van der Waals surface area (Å²) in [5.74, 6) is -0.161. The number of likely N-dealkylation sites (N-methyl/N-ethyl adjacent to an activating group) is 1. The number of aliphatic hydroxyl groups excluding tert-OH is 1. The third-order valence-corrected chi connectivity index (χ3v) is 11.4. The number of aliphatic hydroxyl groups is 1. The molecule has 3 atom stereocenters. The van der Waals surface area contributed by atoms with E-state index < -0.39 is 33.6 Å². The molecule has 0 radical (unpaired) electrons. The predicted octanol–water partition coefficient (Wildman–Crippen LogP) is 2.60. The molecular weight excluding hydrogens is 552 g/mol. The highest BCUT2D eigenvalue weighted by Crippen LogP contribution is 2.40. The monoisotopic (exact) mass is 592 g/mol. The number of hydrogen-bond donors (Lipinski definition) is 1. The van der Waals surface area contributed by atoms with Crippen molar-refractivity contribution in [2.75, 3.05) is 26.7 Å². The zero-order valence-corrected chi connectivity index (χ0v) is 25.3. The van der Waals surface area contributed by atoms with Crippen LogP contribution in [0, 0.1) is 5.41 Å². The summed E-state index contributed by atoms with van der Waals surface area (Å²) >= 11 is 1.17. The van der Waals surface area contributed by atoms with Crippen LogP contribution >= 0.6 is 11.3 Å². The molecule has 0 spiro atoms. The van der Waals surface area contributed by atoms with Crippen molar-refractivity contribution in [3.63, 3.8) is 0 Å². The molecule has 220 valence electrons. The van der Waals surface area contributed by atoms with E-state index in [1.165, 1.54) is 21.1 Å². The van der Waals surface area contributed by atoms with Crippen LogP contribution in [0.2, 0.25) is 0 Å². The average molecular weight is 593 g/mol. The van der Waals surface area contributed by atoms with E-state index in [0.717, 1.165) is 42.7 Å². The Kier molecular flexibility index (Phi) is 8.12. The lowest BCUT2D eigenvalue weighted by Gasteiger charge is -2.35. The minimum absolute atomic E-state index is 0.0665. The summed E-state index contributed by atoms with van der Waals surface area (Å²) in [6, 6.07) is 1.85. The van der Waals surface area contributed by atoms with E-state index in [-0.39, 0.29) is 35.5 Å². The van der Waals surface area contributed by atoms with Crippen molar-refractivity contribution < 1.29 is 23.1 Å². The van der Waals surface area contributed by atoms with Gasteiger partial charge in [0.1, 0.15) is 16.3 Å². The molecular formula is C27H40N6O5S2. The van der Waals surface area contributed by atoms with E-state index >= 15 is 0 Å². The van der Waals surface area contributed by atoms with Crippen LogP contribution in [0.5, 0.6) is 0 Å². The molecule has 3 fully saturated rings. The number of thiophene rings is 1. The highest BCUT2D eigenvalue weighted by atomic mass is 32.2. The minimum Gasteiger partial charge on any atom is -0.391 e. The zero-order chi connectivity index (χ0) is 28.8. The molecule has 3 aliphatic rings. The van der Waals surface area contributed by atoms with Gasteiger partial charge in [-0.15, -0.1) is 16.4 Å². The van der Waals surface area contributed by atoms with Crippen molar-refractivity contribution in [2.45, 2.75) is 94.2 Å². The summed E-state index contributed by atoms with van der Waals surface area (Å²) in [5, 5.41) is 19.1. The van der Waals surface area contributed by atoms with Crippen LogP contribution in [0.3, 0.4) is 0 Å². The van der Waals surface area contributed by atoms with E-state index in [1.807, 2.05) is 27.0 Å². The average Bonchev–Trinajstić information content (AvgIpc) is 3.26. The van der Waals surface area contributed by atoms with Crippen molar-refractivity contribution in [3.8, 4) is 0 Å². The second-order valence-electron chi connectivity index (χ2n) is 12.4. The van der Waals surface area contributed by atoms with Crippen LogP contribution in [-0.4, -0.2) is 93.3 Å². The fraction of sp³-hybridized carbons (Fsp3) is 0.704. The molecule has 1 saturated carbocycles. The Balaban J connectivity index is 1.30. The summed E-state index contributed by atoms with van der Waals surface area (Å²) < 4.78 is 29.6. The largest absolute Gasteiger partial charge is 0.391 e. The van der Waals surface area contributed by atoms with Gasteiger partial charge >= 0.3 is 0 Å². The summed E-state index contributed by atoms with van der Waals surface area (Å²) in [4.78, 5) is 31.4. The van der Waals surface area contributed by atoms with Crippen LogP contribution in [0.1, 0.15) is 81.8 Å². The Morgan fingerprint density at radius 1 is 1.18 bits per heavy atom. The van der Waals surface area contributed by atoms with E-state index in [4.69, 9.17) is 0 Å². The highest BCUT2D eigenvalue weighted by Gasteiger charge is 2.46. The maximum Gasteiger partial charge on any atom is 0.252 e. The summed E-state index contributed by atoms with van der Waals surface area (Å²) in [6.45, 7) is 7.21. The zero-order valence-electron chi connectivity index (χ0n) is 23.7. The molecule has 2 saturated heterocycles. The van der Waals surface area contributed by atoms with Gasteiger partial charge in [0, 0.05) is 50.1 Å². The quantitative estimate of drug-likeness (QED) is 0.499. The number of β-amino-alcohol motifs (C(OH)–C–C–N with tert-alkyl or cyclic N) is 1. The lowest BCUT2D eigenvalue weighted by molar-refractivity contribution is -0.147. The smallest absolute Gasteiger partial charge is 0.252 e. The van der Waals surface area contributed by atoms with Gasteiger partial charge in [-0.25, -0.2) is 13.1 Å². The first-order chi connectivity index (χ1) is 18.9. The summed E-state index contributed by atoms with van der Waals surface area (Å²) in [6.07, 6.45) is 6.10. The van der Waals surface area contributed by atoms with E-state index in [0.29, 0.717) is 19.0 Å². The van der Waals surface area contributed by atoms with E-state index in [1.54, 1.807) is 28.2 Å². The highest BCUT2D eigenvalue weighted by molar-refractivity contribution is 7.91. The van der Waals surface area contributed by atoms with Crippen LogP contribution in [-0.2, 0) is 26.2 Å². The fourth-order valence-corrected chi connectivity index (χ4v) is 8.77. The first kappa shape index (κ1) is 29.2. The normalized spacial score (nSPS) is 23.4. The molecule has 1 aliphatic carbocycles. The van der Waals surface area contributed by atoms with Crippen LogP contribution in [0.4, 0.5) is 0 Å². The van der Waals surface area contributed by atoms with Crippen LogP contribution in [0.25, 0.3) is 0 Å². The molecule has 5 rings (SSSR count). The first-order valence-corrected chi connectivity index (χ1v) is 16.4. The van der Waals surface area contributed by atoms with Crippen LogP contribution in [0.15, 0.2) is 22.5 Å². The molecule has 2 aromatic rings. The van der Waals surface area contributed by atoms with Gasteiger partial charge in [-0.05, 0) is 43.2 Å². The SMILES string of the molecule is CN(Cc1ccc(S(=O)(=O)N2CCCCC2)s1)C(=O)[C@@H]1C[C@@H](O)CN1C(=O)[C@@H](n1cc(C2CC2)nn1)C(C)(C)C. The van der Waals surface area contributed by atoms with Gasteiger partial charge in [0.15, 0.2) is 0 Å². The number of nitrogens with zero attached hydrogens (tertiary/aromatic N) is 6. The third kappa shape index (κ3) is 5.97. The number of aromatic nitrogens is 3. The molecule has 0 unspecified atom stereocenters. The number of amides is 2. The molecule has 40 heavy (non-hydrogen) atoms. The maximum absolute atomic E-state index is 14.0. The lowest BCUT2D eigenvalue weighted by atomic mass is 9.85. The molecule has 0 aromatic carbocycles. The number of likely N-dealkylation sites (tertiary alicyclic amines) is 1. The summed E-state index contributed by atoms with van der Waals surface area (Å²) in [7, 11) is -1.89. The van der Waals surface area contributed by atoms with Gasteiger partial charge in [-0.2, -0.15) is 4.31 Å². The molecule has 2 aliphatic heterocycles. The number of piperidine rings is 1. The Bertz CT molecular complexity index is 1340. The van der Waals surface area contributed by atoms with E-state index in [9.17, 15) is 23.1 Å². The first-order valence-electron chi connectivity index (χ1n) is 14.1. The minimum atomic E-state index is -3.54. The topological polar surface area (TPSA) is 129 Å². The molecule has 1 N–H and O–H groups in total. The molecule has 13 heteroatoms. The van der Waals surface area contributed by atoms with Gasteiger partial charge in [-0.3, -0.25) is 9.59 Å². The van der Waals surface area contributed by atoms with Crippen LogP contribution < -0.4 is 0 Å². The van der Waals surface area contributed by atoms with Crippen molar-refractivity contribution in [2.24, 2.45) is 5.41 Å². The molecule has 0 bridgehead atoms. The van der Waals surface area contributed by atoms with E-state index in [2.05, 4.69) is 10.3 Å². The number of rotatable bonds is 8. The van der Waals surface area contributed by atoms with Gasteiger partial charge in [0.25, 0.3) is 10.0 Å². The second kappa shape index (κ2) is 11.1. The Labute approximate surface area is 240 Å². The molecule has 2 amide bonds. The standard InChI is InChI=1S/C27H40N6O5S2/c1-27(2,3)24(33-17-21(28-29-33)18-8-9-18)26(36)32-15-19(34)14-22(32)25(35)30(4)16-20-10-11-23(39-20)40(37,38)31-12-6-5-7-13-31/h10-11,17-19,22,24,34H,5-9,12-16H2,1-4H3/t19-,22+,24-/m1/s1. The Morgan fingerprint density at radius 3 is 2.52 bits per heavy atom. The third-order valence-electron chi connectivity index (χ3n) is 8.00. The lowest BCUT2D eigenvalue weighted by Crippen LogP contribution is -2.50. The Morgan fingerprint density at radius 2 is 1.88 bits per heavy atom. The number of sulfonamides is 1. The molecule has 2 aromatic heterocycles. The summed E-state index contributed by atoms with van der Waals surface area (Å²) in [5.41, 5.74) is 0.375. The van der Waals surface area contributed by atoms with Crippen molar-refractivity contribution in [1.82, 2.24) is 29.1 Å². The van der Waals surface area contributed by atoms with Crippen molar-refractivity contribution in [3.05, 3.63) is 28.9 Å². The molecule has 11 nitrogen and oxygen atoms in total. The number of carbonyl (C=O) groups excluding carboxylic acids is 2. The van der Waals surface area contributed by atoms with Gasteiger partial charge in [0.2, 0.25) is 11.8 Å². The Hall–Kier alpha value is -2.35. The second-order valence-corrected chi connectivity index (χ2v) is 15.8. The number of hydrogen-bond acceptors (Lipinski definition) is 8. The van der Waals surface area contributed by atoms with Gasteiger partial charge in [0.05, 0.1) is 18.3 Å². The predicted molar refractivity (Wildman–Crippen MR) is 150 cm³/mol. The number of carbonyl (C=O) groups is 2. The van der Waals surface area contributed by atoms with Gasteiger partial charge in [-0.1, -0.05) is 32.4 Å².